The molecule has 0 N–H and O–H groups in total. The summed E-state index contributed by atoms with van der Waals surface area (Å²) in [6, 6.07) is 39.1. The predicted octanol–water partition coefficient (Wildman–Crippen LogP) is 7.79. The van der Waals surface area contributed by atoms with Gasteiger partial charge in [-0.15, -0.1) is 0 Å². The average molecular weight is 665 g/mol. The van der Waals surface area contributed by atoms with Crippen molar-refractivity contribution in [1.29, 1.82) is 0 Å². The van der Waals surface area contributed by atoms with Crippen LogP contribution in [0.25, 0.3) is 22.5 Å². The summed E-state index contributed by atoms with van der Waals surface area (Å²) in [6.07, 6.45) is 1.90. The number of carbonyl (C=O) groups excluding carboxylic acids is 1. The van der Waals surface area contributed by atoms with E-state index in [0.717, 1.165) is 33.0 Å². The van der Waals surface area contributed by atoms with Crippen molar-refractivity contribution >= 4 is 39.9 Å². The van der Waals surface area contributed by atoms with Gasteiger partial charge in [0, 0.05) is 11.1 Å². The van der Waals surface area contributed by atoms with Crippen molar-refractivity contribution in [3.63, 3.8) is 0 Å². The van der Waals surface area contributed by atoms with Crippen molar-refractivity contribution in [3.05, 3.63) is 174 Å². The zero-order valence-electron chi connectivity index (χ0n) is 27.6. The molecule has 0 bridgehead atoms. The molecule has 0 aliphatic carbocycles. The van der Waals surface area contributed by atoms with E-state index in [1.165, 1.54) is 16.9 Å². The standard InChI is InChI=1S/C42H36N2O4S/c1-4-47-41(46)37-38(31-16-9-6-10-17-31)43-42-44(39(37)32-21-19-29(20-22-32)27(2)3)40(45)36(49-42)25-34-33-18-12-11-15-30(33)23-24-35(34)48-26-28-13-7-5-8-14-28/h5-25,27,39H,4,26H2,1-3H3/b36-25-/t39-/m0/s1. The van der Waals surface area contributed by atoms with E-state index in [0.29, 0.717) is 38.9 Å². The number of hydrogen-bond donors (Lipinski definition) is 0. The van der Waals surface area contributed by atoms with Crippen LogP contribution >= 0.6 is 11.3 Å². The van der Waals surface area contributed by atoms with Crippen LogP contribution in [-0.4, -0.2) is 17.1 Å². The van der Waals surface area contributed by atoms with Gasteiger partial charge in [-0.25, -0.2) is 9.79 Å². The fourth-order valence-corrected chi connectivity index (χ4v) is 7.22. The molecule has 6 nitrogen and oxygen atoms in total. The van der Waals surface area contributed by atoms with Crippen molar-refractivity contribution in [2.45, 2.75) is 39.3 Å². The fourth-order valence-electron chi connectivity index (χ4n) is 6.24. The van der Waals surface area contributed by atoms with Crippen LogP contribution in [0.3, 0.4) is 0 Å². The van der Waals surface area contributed by atoms with E-state index in [-0.39, 0.29) is 12.2 Å². The van der Waals surface area contributed by atoms with Crippen LogP contribution in [0.2, 0.25) is 0 Å². The van der Waals surface area contributed by atoms with Crippen LogP contribution < -0.4 is 19.6 Å². The topological polar surface area (TPSA) is 69.9 Å². The molecule has 0 spiro atoms. The molecule has 1 atom stereocenters. The first-order valence-corrected chi connectivity index (χ1v) is 17.3. The van der Waals surface area contributed by atoms with Crippen LogP contribution in [0.15, 0.2) is 137 Å². The molecule has 7 heteroatoms. The minimum atomic E-state index is -0.741. The molecule has 2 heterocycles. The van der Waals surface area contributed by atoms with Gasteiger partial charge in [0.1, 0.15) is 12.4 Å². The van der Waals surface area contributed by atoms with Gasteiger partial charge in [-0.3, -0.25) is 9.36 Å². The summed E-state index contributed by atoms with van der Waals surface area (Å²) >= 11 is 1.31. The van der Waals surface area contributed by atoms with Crippen LogP contribution in [0.5, 0.6) is 5.75 Å². The fraction of sp³-hybridized carbons (Fsp3) is 0.167. The van der Waals surface area contributed by atoms with Crippen molar-refractivity contribution in [3.8, 4) is 5.75 Å². The summed E-state index contributed by atoms with van der Waals surface area (Å²) in [4.78, 5) is 34.0. The molecule has 0 saturated carbocycles. The number of nitrogens with zero attached hydrogens (tertiary/aromatic N) is 2. The first-order chi connectivity index (χ1) is 23.9. The van der Waals surface area contributed by atoms with E-state index in [1.54, 1.807) is 11.5 Å². The lowest BCUT2D eigenvalue weighted by atomic mass is 9.91. The van der Waals surface area contributed by atoms with E-state index in [1.807, 2.05) is 115 Å². The summed E-state index contributed by atoms with van der Waals surface area (Å²) in [5.74, 6) is 0.504. The maximum absolute atomic E-state index is 14.6. The van der Waals surface area contributed by atoms with Gasteiger partial charge in [-0.2, -0.15) is 0 Å². The molecule has 0 fully saturated rings. The van der Waals surface area contributed by atoms with Crippen molar-refractivity contribution in [2.75, 3.05) is 6.61 Å². The number of carbonyl (C=O) groups is 1. The minimum Gasteiger partial charge on any atom is -0.488 e. The van der Waals surface area contributed by atoms with Gasteiger partial charge in [0.05, 0.1) is 28.5 Å². The third kappa shape index (κ3) is 6.37. The largest absolute Gasteiger partial charge is 0.488 e. The Morgan fingerprint density at radius 2 is 1.57 bits per heavy atom. The maximum Gasteiger partial charge on any atom is 0.338 e. The highest BCUT2D eigenvalue weighted by atomic mass is 32.1. The van der Waals surface area contributed by atoms with Gasteiger partial charge in [-0.1, -0.05) is 140 Å². The van der Waals surface area contributed by atoms with Gasteiger partial charge in [-0.05, 0) is 52.4 Å². The van der Waals surface area contributed by atoms with Gasteiger partial charge < -0.3 is 9.47 Å². The molecule has 1 aromatic heterocycles. The Morgan fingerprint density at radius 3 is 2.29 bits per heavy atom. The maximum atomic E-state index is 14.6. The number of ether oxygens (including phenoxy) is 2. The summed E-state index contributed by atoms with van der Waals surface area (Å²) in [5, 5.41) is 2.00. The molecule has 0 unspecified atom stereocenters. The Bertz CT molecular complexity index is 2360. The third-order valence-electron chi connectivity index (χ3n) is 8.74. The number of esters is 1. The van der Waals surface area contributed by atoms with Crippen LogP contribution in [0.1, 0.15) is 60.5 Å². The first-order valence-electron chi connectivity index (χ1n) is 16.5. The normalized spacial score (nSPS) is 14.5. The lowest BCUT2D eigenvalue weighted by Crippen LogP contribution is -2.40. The van der Waals surface area contributed by atoms with Crippen molar-refractivity contribution in [1.82, 2.24) is 4.57 Å². The highest BCUT2D eigenvalue weighted by Crippen LogP contribution is 2.36. The van der Waals surface area contributed by atoms with E-state index < -0.39 is 12.0 Å². The predicted molar refractivity (Wildman–Crippen MR) is 196 cm³/mol. The molecule has 1 aliphatic heterocycles. The number of thiazole rings is 1. The molecule has 0 amide bonds. The Kier molecular flexibility index (Phi) is 9.09. The molecular formula is C42H36N2O4S. The van der Waals surface area contributed by atoms with Crippen molar-refractivity contribution in [2.24, 2.45) is 4.99 Å². The Morgan fingerprint density at radius 1 is 0.878 bits per heavy atom. The first kappa shape index (κ1) is 32.0. The molecule has 6 aromatic rings. The van der Waals surface area contributed by atoms with Gasteiger partial charge in [0.25, 0.3) is 5.56 Å². The monoisotopic (exact) mass is 664 g/mol. The van der Waals surface area contributed by atoms with Gasteiger partial charge in [0.15, 0.2) is 4.80 Å². The number of aromatic nitrogens is 1. The lowest BCUT2D eigenvalue weighted by Gasteiger charge is -2.26. The van der Waals surface area contributed by atoms with Gasteiger partial charge in [0.2, 0.25) is 0 Å². The average Bonchev–Trinajstić information content (AvgIpc) is 3.45. The molecule has 244 valence electrons. The van der Waals surface area contributed by atoms with E-state index >= 15 is 0 Å². The minimum absolute atomic E-state index is 0.195. The van der Waals surface area contributed by atoms with E-state index in [2.05, 4.69) is 26.0 Å². The molecule has 0 radical (unpaired) electrons. The van der Waals surface area contributed by atoms with E-state index in [4.69, 9.17) is 14.5 Å². The Hall–Kier alpha value is -5.53. The van der Waals surface area contributed by atoms with E-state index in [9.17, 15) is 9.59 Å². The Balaban J connectivity index is 1.46. The zero-order chi connectivity index (χ0) is 33.9. The second-order valence-electron chi connectivity index (χ2n) is 12.2. The highest BCUT2D eigenvalue weighted by molar-refractivity contribution is 7.07. The number of benzene rings is 5. The number of rotatable bonds is 9. The number of fused-ring (bicyclic) bond motifs is 2. The summed E-state index contributed by atoms with van der Waals surface area (Å²) < 4.78 is 14.2. The summed E-state index contributed by atoms with van der Waals surface area (Å²) in [6.45, 7) is 6.64. The summed E-state index contributed by atoms with van der Waals surface area (Å²) in [7, 11) is 0. The van der Waals surface area contributed by atoms with Crippen molar-refractivity contribution < 1.29 is 14.3 Å². The molecular weight excluding hydrogens is 629 g/mol. The highest BCUT2D eigenvalue weighted by Gasteiger charge is 2.35. The van der Waals surface area contributed by atoms with Crippen LogP contribution in [-0.2, 0) is 16.1 Å². The third-order valence-corrected chi connectivity index (χ3v) is 9.72. The summed E-state index contributed by atoms with van der Waals surface area (Å²) in [5.41, 5.74) is 5.20. The lowest BCUT2D eigenvalue weighted by molar-refractivity contribution is -0.138. The number of hydrogen-bond acceptors (Lipinski definition) is 6. The van der Waals surface area contributed by atoms with Crippen LogP contribution in [0, 0.1) is 0 Å². The van der Waals surface area contributed by atoms with Gasteiger partial charge >= 0.3 is 5.97 Å². The molecule has 1 aliphatic rings. The Labute approximate surface area is 288 Å². The molecule has 49 heavy (non-hydrogen) atoms. The van der Waals surface area contributed by atoms with Crippen LogP contribution in [0.4, 0.5) is 0 Å². The SMILES string of the molecule is CCOC(=O)C1=C(c2ccccc2)N=c2s/c(=C\c3c(OCc4ccccc4)ccc4ccccc34)c(=O)n2[C@H]1c1ccc(C(C)C)cc1. The quantitative estimate of drug-likeness (QED) is 0.148. The second-order valence-corrected chi connectivity index (χ2v) is 13.2. The zero-order valence-corrected chi connectivity index (χ0v) is 28.4. The molecule has 0 saturated heterocycles. The second kappa shape index (κ2) is 13.9. The molecule has 7 rings (SSSR count). The molecule has 5 aromatic carbocycles. The smallest absolute Gasteiger partial charge is 0.338 e.